The third-order valence-corrected chi connectivity index (χ3v) is 6.63. The minimum absolute atomic E-state index is 0.0342. The zero-order valence-electron chi connectivity index (χ0n) is 19.8. The van der Waals surface area contributed by atoms with Gasteiger partial charge in [0.25, 0.3) is 5.91 Å². The molecule has 1 amide bonds. The first-order valence-corrected chi connectivity index (χ1v) is 12.6. The van der Waals surface area contributed by atoms with Gasteiger partial charge in [-0.05, 0) is 69.3 Å². The monoisotopic (exact) mass is 495 g/mol. The van der Waals surface area contributed by atoms with E-state index in [1.165, 1.54) is 24.0 Å². The Balaban J connectivity index is 1.60. The zero-order valence-corrected chi connectivity index (χ0v) is 20.7. The van der Waals surface area contributed by atoms with E-state index in [1.54, 1.807) is 18.2 Å². The maximum atomic E-state index is 12.9. The molecular formula is C26H29N3O5S. The SMILES string of the molecule is CC(NS(=O)(=O)c1ccccc1)C(=O)OCC(=O)N(c1ccc(Nc2ccccc2)cc1)C(C)C. The lowest BCUT2D eigenvalue weighted by molar-refractivity contribution is -0.149. The number of amides is 1. The van der Waals surface area contributed by atoms with E-state index in [4.69, 9.17) is 4.74 Å². The number of nitrogens with one attached hydrogen (secondary N) is 2. The molecule has 0 aliphatic carbocycles. The van der Waals surface area contributed by atoms with Crippen LogP contribution in [0.15, 0.2) is 89.8 Å². The Morgan fingerprint density at radius 3 is 1.94 bits per heavy atom. The number of ether oxygens (including phenoxy) is 1. The lowest BCUT2D eigenvalue weighted by Crippen LogP contribution is -2.43. The van der Waals surface area contributed by atoms with Crippen LogP contribution in [0.25, 0.3) is 0 Å². The van der Waals surface area contributed by atoms with Crippen molar-refractivity contribution in [3.05, 3.63) is 84.9 Å². The Kier molecular flexibility index (Phi) is 8.62. The van der Waals surface area contributed by atoms with Crippen molar-refractivity contribution in [3.63, 3.8) is 0 Å². The fourth-order valence-electron chi connectivity index (χ4n) is 3.40. The van der Waals surface area contributed by atoms with Gasteiger partial charge in [-0.15, -0.1) is 0 Å². The summed E-state index contributed by atoms with van der Waals surface area (Å²) in [5, 5.41) is 3.28. The third-order valence-electron chi connectivity index (χ3n) is 5.07. The minimum Gasteiger partial charge on any atom is -0.454 e. The summed E-state index contributed by atoms with van der Waals surface area (Å²) in [4.78, 5) is 26.8. The molecule has 2 N–H and O–H groups in total. The normalized spacial score (nSPS) is 12.1. The molecule has 184 valence electrons. The third kappa shape index (κ3) is 7.14. The zero-order chi connectivity index (χ0) is 25.4. The van der Waals surface area contributed by atoms with Gasteiger partial charge < -0.3 is 15.0 Å². The second-order valence-corrected chi connectivity index (χ2v) is 9.87. The van der Waals surface area contributed by atoms with Crippen LogP contribution in [0.3, 0.4) is 0 Å². The van der Waals surface area contributed by atoms with Crippen LogP contribution in [0, 0.1) is 0 Å². The molecule has 9 heteroatoms. The van der Waals surface area contributed by atoms with E-state index in [1.807, 2.05) is 68.4 Å². The number of hydrogen-bond acceptors (Lipinski definition) is 6. The van der Waals surface area contributed by atoms with Crippen molar-refractivity contribution in [2.75, 3.05) is 16.8 Å². The fraction of sp³-hybridized carbons (Fsp3) is 0.231. The summed E-state index contributed by atoms with van der Waals surface area (Å²) in [5.41, 5.74) is 2.46. The van der Waals surface area contributed by atoms with Crippen LogP contribution in [-0.4, -0.2) is 39.0 Å². The van der Waals surface area contributed by atoms with E-state index >= 15 is 0 Å². The number of para-hydroxylation sites is 1. The van der Waals surface area contributed by atoms with Crippen molar-refractivity contribution in [2.45, 2.75) is 37.8 Å². The largest absolute Gasteiger partial charge is 0.454 e. The van der Waals surface area contributed by atoms with Crippen molar-refractivity contribution in [2.24, 2.45) is 0 Å². The highest BCUT2D eigenvalue weighted by Gasteiger charge is 2.25. The second kappa shape index (κ2) is 11.6. The molecule has 1 unspecified atom stereocenters. The minimum atomic E-state index is -3.89. The number of nitrogens with zero attached hydrogens (tertiary/aromatic N) is 1. The van der Waals surface area contributed by atoms with Crippen molar-refractivity contribution >= 4 is 39.0 Å². The van der Waals surface area contributed by atoms with Crippen molar-refractivity contribution in [1.29, 1.82) is 0 Å². The number of rotatable bonds is 10. The summed E-state index contributed by atoms with van der Waals surface area (Å²) in [6, 6.07) is 23.4. The first-order chi connectivity index (χ1) is 16.7. The lowest BCUT2D eigenvalue weighted by Gasteiger charge is -2.27. The molecule has 3 aromatic rings. The molecule has 0 saturated carbocycles. The predicted molar refractivity (Wildman–Crippen MR) is 136 cm³/mol. The van der Waals surface area contributed by atoms with Crippen LogP contribution in [0.1, 0.15) is 20.8 Å². The number of carbonyl (C=O) groups is 2. The van der Waals surface area contributed by atoms with Gasteiger partial charge in [-0.3, -0.25) is 9.59 Å². The molecule has 0 heterocycles. The van der Waals surface area contributed by atoms with Crippen LogP contribution in [0.2, 0.25) is 0 Å². The Bertz CT molecular complexity index is 1230. The van der Waals surface area contributed by atoms with Gasteiger partial charge in [-0.1, -0.05) is 36.4 Å². The summed E-state index contributed by atoms with van der Waals surface area (Å²) in [7, 11) is -3.89. The molecule has 35 heavy (non-hydrogen) atoms. The first kappa shape index (κ1) is 25.9. The summed E-state index contributed by atoms with van der Waals surface area (Å²) >= 11 is 0. The van der Waals surface area contributed by atoms with Gasteiger partial charge in [-0.2, -0.15) is 4.72 Å². The van der Waals surface area contributed by atoms with E-state index in [0.717, 1.165) is 11.4 Å². The van der Waals surface area contributed by atoms with Crippen LogP contribution < -0.4 is 14.9 Å². The molecule has 0 fully saturated rings. The number of benzene rings is 3. The average molecular weight is 496 g/mol. The molecule has 0 aliphatic rings. The summed E-state index contributed by atoms with van der Waals surface area (Å²) < 4.78 is 32.2. The van der Waals surface area contributed by atoms with E-state index in [-0.39, 0.29) is 10.9 Å². The topological polar surface area (TPSA) is 105 Å². The molecular weight excluding hydrogens is 466 g/mol. The van der Waals surface area contributed by atoms with Crippen molar-refractivity contribution in [1.82, 2.24) is 4.72 Å². The number of hydrogen-bond donors (Lipinski definition) is 2. The van der Waals surface area contributed by atoms with Crippen LogP contribution in [0.5, 0.6) is 0 Å². The highest BCUT2D eigenvalue weighted by Crippen LogP contribution is 2.23. The smallest absolute Gasteiger partial charge is 0.324 e. The van der Waals surface area contributed by atoms with Crippen molar-refractivity contribution < 1.29 is 22.7 Å². The Morgan fingerprint density at radius 1 is 0.829 bits per heavy atom. The van der Waals surface area contributed by atoms with Gasteiger partial charge in [0.2, 0.25) is 10.0 Å². The fourth-order valence-corrected chi connectivity index (χ4v) is 4.61. The van der Waals surface area contributed by atoms with Gasteiger partial charge >= 0.3 is 5.97 Å². The van der Waals surface area contributed by atoms with E-state index in [0.29, 0.717) is 5.69 Å². The van der Waals surface area contributed by atoms with Gasteiger partial charge in [0.1, 0.15) is 6.04 Å². The molecule has 8 nitrogen and oxygen atoms in total. The van der Waals surface area contributed by atoms with Gasteiger partial charge in [0, 0.05) is 23.1 Å². The predicted octanol–water partition coefficient (Wildman–Crippen LogP) is 4.08. The number of esters is 1. The number of anilines is 3. The molecule has 0 saturated heterocycles. The van der Waals surface area contributed by atoms with E-state index in [9.17, 15) is 18.0 Å². The van der Waals surface area contributed by atoms with Gasteiger partial charge in [-0.25, -0.2) is 8.42 Å². The van der Waals surface area contributed by atoms with Crippen LogP contribution in [-0.2, 0) is 24.3 Å². The molecule has 3 aromatic carbocycles. The Hall–Kier alpha value is -3.69. The average Bonchev–Trinajstić information content (AvgIpc) is 2.84. The Morgan fingerprint density at radius 2 is 1.37 bits per heavy atom. The Labute approximate surface area is 206 Å². The molecule has 0 radical (unpaired) electrons. The first-order valence-electron chi connectivity index (χ1n) is 11.2. The number of carbonyl (C=O) groups excluding carboxylic acids is 2. The van der Waals surface area contributed by atoms with Crippen LogP contribution >= 0.6 is 0 Å². The molecule has 0 aromatic heterocycles. The van der Waals surface area contributed by atoms with Gasteiger partial charge in [0.15, 0.2) is 6.61 Å². The summed E-state index contributed by atoms with van der Waals surface area (Å²) in [5.74, 6) is -1.26. The molecule has 3 rings (SSSR count). The highest BCUT2D eigenvalue weighted by atomic mass is 32.2. The second-order valence-electron chi connectivity index (χ2n) is 8.16. The van der Waals surface area contributed by atoms with E-state index in [2.05, 4.69) is 10.0 Å². The maximum Gasteiger partial charge on any atom is 0.324 e. The summed E-state index contributed by atoms with van der Waals surface area (Å²) in [6.45, 7) is 4.56. The molecule has 0 aliphatic heterocycles. The standard InChI is InChI=1S/C26H29N3O5S/c1-19(2)29(23-16-14-22(15-17-23)27-21-10-6-4-7-11-21)25(30)18-34-26(31)20(3)28-35(32,33)24-12-8-5-9-13-24/h4-17,19-20,27-28H,18H2,1-3H3. The molecule has 0 bridgehead atoms. The van der Waals surface area contributed by atoms with Gasteiger partial charge in [0.05, 0.1) is 4.90 Å². The lowest BCUT2D eigenvalue weighted by atomic mass is 10.2. The molecule has 1 atom stereocenters. The van der Waals surface area contributed by atoms with E-state index < -0.39 is 34.5 Å². The maximum absolute atomic E-state index is 12.9. The number of sulfonamides is 1. The highest BCUT2D eigenvalue weighted by molar-refractivity contribution is 7.89. The van der Waals surface area contributed by atoms with Crippen molar-refractivity contribution in [3.8, 4) is 0 Å². The quantitative estimate of drug-likeness (QED) is 0.411. The van der Waals surface area contributed by atoms with Crippen LogP contribution in [0.4, 0.5) is 17.1 Å². The summed E-state index contributed by atoms with van der Waals surface area (Å²) in [6.07, 6.45) is 0. The molecule has 0 spiro atoms.